The number of H-pyrrole nitrogens is 1. The van der Waals surface area contributed by atoms with Gasteiger partial charge in [0, 0.05) is 32.1 Å². The van der Waals surface area contributed by atoms with Crippen LogP contribution in [0.3, 0.4) is 0 Å². The number of carbonyl (C=O) groups excluding carboxylic acids is 1. The highest BCUT2D eigenvalue weighted by atomic mass is 19.1. The lowest BCUT2D eigenvalue weighted by Crippen LogP contribution is -2.51. The van der Waals surface area contributed by atoms with Gasteiger partial charge in [0.1, 0.15) is 0 Å². The molecule has 3 rings (SSSR count). The summed E-state index contributed by atoms with van der Waals surface area (Å²) in [6.07, 6.45) is 6.92. The number of carbonyl (C=O) groups is 1. The molecule has 25 heavy (non-hydrogen) atoms. The van der Waals surface area contributed by atoms with E-state index in [9.17, 15) is 14.0 Å². The van der Waals surface area contributed by atoms with Gasteiger partial charge in [0.25, 0.3) is 5.56 Å². The number of hydrogen-bond donors (Lipinski definition) is 1. The van der Waals surface area contributed by atoms with Gasteiger partial charge < -0.3 is 9.80 Å². The lowest BCUT2D eigenvalue weighted by molar-refractivity contribution is -0.136. The van der Waals surface area contributed by atoms with E-state index in [1.54, 1.807) is 0 Å². The normalized spacial score (nSPS) is 21.0. The Kier molecular flexibility index (Phi) is 5.20. The first-order chi connectivity index (χ1) is 12.0. The summed E-state index contributed by atoms with van der Waals surface area (Å²) in [4.78, 5) is 35.0. The highest BCUT2D eigenvalue weighted by molar-refractivity contribution is 5.79. The van der Waals surface area contributed by atoms with Crippen LogP contribution in [0.2, 0.25) is 0 Å². The Labute approximate surface area is 146 Å². The largest absolute Gasteiger partial charge is 0.339 e. The van der Waals surface area contributed by atoms with Crippen LogP contribution in [-0.2, 0) is 4.79 Å². The molecule has 2 aliphatic rings. The maximum Gasteiger partial charge on any atom is 0.288 e. The minimum Gasteiger partial charge on any atom is -0.339 e. The van der Waals surface area contributed by atoms with Crippen molar-refractivity contribution in [2.24, 2.45) is 5.92 Å². The van der Waals surface area contributed by atoms with E-state index in [1.807, 2.05) is 23.6 Å². The van der Waals surface area contributed by atoms with Crippen molar-refractivity contribution in [3.8, 4) is 0 Å². The highest BCUT2D eigenvalue weighted by Crippen LogP contribution is 2.22. The number of aromatic amines is 1. The van der Waals surface area contributed by atoms with Crippen molar-refractivity contribution in [1.29, 1.82) is 0 Å². The molecule has 136 valence electrons. The Balaban J connectivity index is 1.67. The SMILES string of the molecule is CC(C)c1nc(N2CCN(C(=O)C3CC=CCC3)CC2)[nH]c(=O)c1F. The summed E-state index contributed by atoms with van der Waals surface area (Å²) in [5.74, 6) is -0.274. The van der Waals surface area contributed by atoms with Gasteiger partial charge in [-0.05, 0) is 25.2 Å². The monoisotopic (exact) mass is 348 g/mol. The number of piperazine rings is 1. The lowest BCUT2D eigenvalue weighted by atomic mass is 9.93. The third-order valence-corrected chi connectivity index (χ3v) is 4.93. The zero-order valence-corrected chi connectivity index (χ0v) is 14.8. The molecule has 1 fully saturated rings. The van der Waals surface area contributed by atoms with E-state index in [2.05, 4.69) is 22.1 Å². The number of allylic oxidation sites excluding steroid dienone is 2. The summed E-state index contributed by atoms with van der Waals surface area (Å²) in [5, 5.41) is 0. The van der Waals surface area contributed by atoms with E-state index in [0.29, 0.717) is 32.1 Å². The van der Waals surface area contributed by atoms with Gasteiger partial charge in [-0.1, -0.05) is 26.0 Å². The van der Waals surface area contributed by atoms with Crippen LogP contribution in [0.15, 0.2) is 16.9 Å². The number of nitrogens with zero attached hydrogens (tertiary/aromatic N) is 3. The summed E-state index contributed by atoms with van der Waals surface area (Å²) in [7, 11) is 0. The second-order valence-electron chi connectivity index (χ2n) is 7.04. The minimum atomic E-state index is -0.807. The van der Waals surface area contributed by atoms with Crippen LogP contribution < -0.4 is 10.5 Å². The smallest absolute Gasteiger partial charge is 0.288 e. The molecular weight excluding hydrogens is 323 g/mol. The minimum absolute atomic E-state index is 0.0906. The Morgan fingerprint density at radius 2 is 2.00 bits per heavy atom. The van der Waals surface area contributed by atoms with E-state index in [-0.39, 0.29) is 23.4 Å². The Hall–Kier alpha value is -2.18. The van der Waals surface area contributed by atoms with Crippen LogP contribution in [0.5, 0.6) is 0 Å². The van der Waals surface area contributed by atoms with Gasteiger partial charge in [0.05, 0.1) is 5.69 Å². The van der Waals surface area contributed by atoms with Crippen LogP contribution >= 0.6 is 0 Å². The van der Waals surface area contributed by atoms with Crippen LogP contribution in [0.4, 0.5) is 10.3 Å². The van der Waals surface area contributed by atoms with E-state index in [0.717, 1.165) is 19.3 Å². The molecular formula is C18H25FN4O2. The van der Waals surface area contributed by atoms with Crippen molar-refractivity contribution in [2.75, 3.05) is 31.1 Å². The molecule has 1 aliphatic heterocycles. The maximum atomic E-state index is 13.9. The van der Waals surface area contributed by atoms with Gasteiger partial charge in [0.2, 0.25) is 17.7 Å². The second kappa shape index (κ2) is 7.37. The van der Waals surface area contributed by atoms with Gasteiger partial charge in [0.15, 0.2) is 0 Å². The molecule has 2 heterocycles. The summed E-state index contributed by atoms with van der Waals surface area (Å²) in [6, 6.07) is 0. The molecule has 7 heteroatoms. The van der Waals surface area contributed by atoms with Crippen LogP contribution in [0.1, 0.15) is 44.7 Å². The summed E-state index contributed by atoms with van der Waals surface area (Å²) in [6.45, 7) is 5.98. The van der Waals surface area contributed by atoms with Gasteiger partial charge in [-0.15, -0.1) is 0 Å². The first-order valence-corrected chi connectivity index (χ1v) is 8.95. The fourth-order valence-corrected chi connectivity index (χ4v) is 3.41. The standard InChI is InChI=1S/C18H25FN4O2/c1-12(2)15-14(19)16(24)21-18(20-15)23-10-8-22(9-11-23)17(25)13-6-4-3-5-7-13/h3-4,12-13H,5-11H2,1-2H3,(H,20,21,24). The zero-order valence-electron chi connectivity index (χ0n) is 14.8. The molecule has 0 bridgehead atoms. The van der Waals surface area contributed by atoms with Crippen molar-refractivity contribution in [3.05, 3.63) is 34.0 Å². The van der Waals surface area contributed by atoms with Crippen molar-refractivity contribution >= 4 is 11.9 Å². The molecule has 1 saturated heterocycles. The number of amides is 1. The lowest BCUT2D eigenvalue weighted by Gasteiger charge is -2.37. The summed E-state index contributed by atoms with van der Waals surface area (Å²) in [5.41, 5.74) is -0.549. The third kappa shape index (κ3) is 3.75. The molecule has 1 aromatic rings. The number of hydrogen-bond acceptors (Lipinski definition) is 4. The number of rotatable bonds is 3. The van der Waals surface area contributed by atoms with Gasteiger partial charge in [-0.2, -0.15) is 4.39 Å². The third-order valence-electron chi connectivity index (χ3n) is 4.93. The number of nitrogens with one attached hydrogen (secondary N) is 1. The summed E-state index contributed by atoms with van der Waals surface area (Å²) < 4.78 is 13.9. The number of aromatic nitrogens is 2. The van der Waals surface area contributed by atoms with Crippen molar-refractivity contribution < 1.29 is 9.18 Å². The van der Waals surface area contributed by atoms with Gasteiger partial charge in [-0.3, -0.25) is 14.6 Å². The molecule has 1 amide bonds. The zero-order chi connectivity index (χ0) is 18.0. The molecule has 0 aromatic carbocycles. The first-order valence-electron chi connectivity index (χ1n) is 8.95. The Morgan fingerprint density at radius 1 is 1.28 bits per heavy atom. The average molecular weight is 348 g/mol. The quantitative estimate of drug-likeness (QED) is 0.849. The molecule has 1 atom stereocenters. The predicted octanol–water partition coefficient (Wildman–Crippen LogP) is 2.04. The highest BCUT2D eigenvalue weighted by Gasteiger charge is 2.28. The molecule has 0 spiro atoms. The summed E-state index contributed by atoms with van der Waals surface area (Å²) >= 11 is 0. The predicted molar refractivity (Wildman–Crippen MR) is 94.2 cm³/mol. The topological polar surface area (TPSA) is 69.3 Å². The van der Waals surface area contributed by atoms with Gasteiger partial charge >= 0.3 is 0 Å². The Bertz CT molecular complexity index is 720. The Morgan fingerprint density at radius 3 is 2.60 bits per heavy atom. The van der Waals surface area contributed by atoms with Crippen molar-refractivity contribution in [3.63, 3.8) is 0 Å². The molecule has 0 radical (unpaired) electrons. The van der Waals surface area contributed by atoms with E-state index < -0.39 is 11.4 Å². The van der Waals surface area contributed by atoms with E-state index in [1.165, 1.54) is 0 Å². The molecule has 6 nitrogen and oxygen atoms in total. The second-order valence-corrected chi connectivity index (χ2v) is 7.04. The van der Waals surface area contributed by atoms with Crippen LogP contribution in [0.25, 0.3) is 0 Å². The fourth-order valence-electron chi connectivity index (χ4n) is 3.41. The van der Waals surface area contributed by atoms with Crippen LogP contribution in [-0.4, -0.2) is 47.0 Å². The maximum absolute atomic E-state index is 13.9. The van der Waals surface area contributed by atoms with Crippen LogP contribution in [0, 0.1) is 11.7 Å². The van der Waals surface area contributed by atoms with E-state index >= 15 is 0 Å². The van der Waals surface area contributed by atoms with Crippen molar-refractivity contribution in [2.45, 2.75) is 39.0 Å². The number of halogens is 1. The molecule has 0 saturated carbocycles. The van der Waals surface area contributed by atoms with Crippen molar-refractivity contribution in [1.82, 2.24) is 14.9 Å². The first kappa shape index (κ1) is 17.6. The average Bonchev–Trinajstić information content (AvgIpc) is 2.64. The molecule has 1 unspecified atom stereocenters. The van der Waals surface area contributed by atoms with Gasteiger partial charge in [-0.25, -0.2) is 4.98 Å². The van der Waals surface area contributed by atoms with E-state index in [4.69, 9.17) is 0 Å². The molecule has 1 N–H and O–H groups in total. The molecule has 1 aliphatic carbocycles. The molecule has 1 aromatic heterocycles. The fraction of sp³-hybridized carbons (Fsp3) is 0.611. The number of anilines is 1.